The zero-order valence-electron chi connectivity index (χ0n) is 11.9. The number of rotatable bonds is 3. The van der Waals surface area contributed by atoms with Gasteiger partial charge in [-0.05, 0) is 12.1 Å². The highest BCUT2D eigenvalue weighted by Crippen LogP contribution is 2.53. The Morgan fingerprint density at radius 1 is 1.45 bits per heavy atom. The van der Waals surface area contributed by atoms with E-state index in [1.807, 2.05) is 18.2 Å². The molecule has 0 aromatic heterocycles. The molecule has 2 saturated heterocycles. The third-order valence-corrected chi connectivity index (χ3v) is 4.76. The van der Waals surface area contributed by atoms with Crippen molar-refractivity contribution < 1.29 is 24.2 Å². The van der Waals surface area contributed by atoms with Crippen molar-refractivity contribution in [3.05, 3.63) is 36.4 Å². The first-order valence-electron chi connectivity index (χ1n) is 7.12. The van der Waals surface area contributed by atoms with Crippen LogP contribution in [0, 0.1) is 11.8 Å². The number of carbonyl (C=O) groups is 2. The second-order valence-corrected chi connectivity index (χ2v) is 5.83. The maximum absolute atomic E-state index is 12.8. The van der Waals surface area contributed by atoms with E-state index in [4.69, 9.17) is 9.47 Å². The minimum Gasteiger partial charge on any atom is -0.495 e. The zero-order valence-corrected chi connectivity index (χ0v) is 11.9. The van der Waals surface area contributed by atoms with Crippen LogP contribution in [0.1, 0.15) is 0 Å². The van der Waals surface area contributed by atoms with Crippen LogP contribution in [-0.2, 0) is 14.3 Å². The molecule has 3 aliphatic heterocycles. The topological polar surface area (TPSA) is 76.1 Å². The molecule has 0 aliphatic carbocycles. The molecular weight excluding hydrogens is 286 g/mol. The molecule has 4 atom stereocenters. The van der Waals surface area contributed by atoms with E-state index in [1.165, 1.54) is 0 Å². The van der Waals surface area contributed by atoms with Crippen molar-refractivity contribution in [2.45, 2.75) is 11.7 Å². The smallest absolute Gasteiger partial charge is 0.310 e. The van der Waals surface area contributed by atoms with Gasteiger partial charge in [0.15, 0.2) is 0 Å². The number of hydrogen-bond donors (Lipinski definition) is 1. The number of hydrogen-bond acceptors (Lipinski definition) is 4. The monoisotopic (exact) mass is 301 g/mol. The van der Waals surface area contributed by atoms with Gasteiger partial charge in [-0.1, -0.05) is 24.3 Å². The summed E-state index contributed by atoms with van der Waals surface area (Å²) >= 11 is 0. The van der Waals surface area contributed by atoms with Crippen LogP contribution in [0.2, 0.25) is 0 Å². The molecule has 1 aromatic carbocycles. The Bertz CT molecular complexity index is 700. The maximum atomic E-state index is 12.8. The summed E-state index contributed by atoms with van der Waals surface area (Å²) in [5.74, 6) is -2.13. The van der Waals surface area contributed by atoms with Gasteiger partial charge >= 0.3 is 5.97 Å². The highest BCUT2D eigenvalue weighted by atomic mass is 16.5. The first-order valence-corrected chi connectivity index (χ1v) is 7.12. The van der Waals surface area contributed by atoms with Gasteiger partial charge < -0.3 is 19.5 Å². The SMILES string of the molecule is COc1ccccc1N1C[C@@]23C=C[C@H](O2)[C@H](C(=O)O)[C@H]3C1=O. The number of carboxylic acids is 1. The van der Waals surface area contributed by atoms with Crippen LogP contribution in [0.3, 0.4) is 0 Å². The van der Waals surface area contributed by atoms with Crippen molar-refractivity contribution in [1.82, 2.24) is 0 Å². The van der Waals surface area contributed by atoms with Gasteiger partial charge in [-0.25, -0.2) is 0 Å². The number of aliphatic carboxylic acids is 1. The molecule has 0 saturated carbocycles. The summed E-state index contributed by atoms with van der Waals surface area (Å²) in [5, 5.41) is 9.45. The molecule has 3 aliphatic rings. The molecule has 4 rings (SSSR count). The molecule has 0 radical (unpaired) electrons. The summed E-state index contributed by atoms with van der Waals surface area (Å²) in [6, 6.07) is 7.21. The Balaban J connectivity index is 1.77. The van der Waals surface area contributed by atoms with Crippen LogP contribution < -0.4 is 9.64 Å². The summed E-state index contributed by atoms with van der Waals surface area (Å²) in [5.41, 5.74) is -0.186. The Labute approximate surface area is 126 Å². The number of carboxylic acid groups (broad SMARTS) is 1. The van der Waals surface area contributed by atoms with Crippen LogP contribution in [0.4, 0.5) is 5.69 Å². The van der Waals surface area contributed by atoms with Gasteiger partial charge in [0, 0.05) is 0 Å². The van der Waals surface area contributed by atoms with E-state index >= 15 is 0 Å². The molecule has 0 unspecified atom stereocenters. The summed E-state index contributed by atoms with van der Waals surface area (Å²) in [4.78, 5) is 26.0. The van der Waals surface area contributed by atoms with Crippen molar-refractivity contribution >= 4 is 17.6 Å². The summed E-state index contributed by atoms with van der Waals surface area (Å²) < 4.78 is 11.2. The fraction of sp³-hybridized carbons (Fsp3) is 0.375. The van der Waals surface area contributed by atoms with E-state index in [0.717, 1.165) is 0 Å². The number of benzene rings is 1. The lowest BCUT2D eigenvalue weighted by Gasteiger charge is -2.22. The van der Waals surface area contributed by atoms with E-state index in [-0.39, 0.29) is 5.91 Å². The second-order valence-electron chi connectivity index (χ2n) is 5.83. The third kappa shape index (κ3) is 1.53. The van der Waals surface area contributed by atoms with Crippen LogP contribution in [0.15, 0.2) is 36.4 Å². The van der Waals surface area contributed by atoms with E-state index < -0.39 is 29.5 Å². The van der Waals surface area contributed by atoms with E-state index in [2.05, 4.69) is 0 Å². The molecular formula is C16H15NO5. The first-order chi connectivity index (χ1) is 10.6. The van der Waals surface area contributed by atoms with Gasteiger partial charge in [0.05, 0.1) is 31.4 Å². The summed E-state index contributed by atoms with van der Waals surface area (Å²) in [7, 11) is 1.54. The predicted molar refractivity (Wildman–Crippen MR) is 76.7 cm³/mol. The standard InChI is InChI=1S/C16H15NO5/c1-21-10-5-3-2-4-9(10)17-8-16-7-6-11(22-16)12(15(19)20)13(16)14(17)18/h2-7,11-13H,8H2,1H3,(H,19,20)/t11-,12-,13-,16+/m0/s1. The second kappa shape index (κ2) is 4.33. The van der Waals surface area contributed by atoms with Gasteiger partial charge in [-0.15, -0.1) is 0 Å². The molecule has 6 heteroatoms. The molecule has 114 valence electrons. The number of nitrogens with zero attached hydrogens (tertiary/aromatic N) is 1. The van der Waals surface area contributed by atoms with Crippen molar-refractivity contribution in [3.8, 4) is 5.75 Å². The Morgan fingerprint density at radius 2 is 2.23 bits per heavy atom. The van der Waals surface area contributed by atoms with Gasteiger partial charge in [0.2, 0.25) is 5.91 Å². The van der Waals surface area contributed by atoms with Crippen LogP contribution >= 0.6 is 0 Å². The van der Waals surface area contributed by atoms with Gasteiger partial charge in [-0.2, -0.15) is 0 Å². The molecule has 22 heavy (non-hydrogen) atoms. The molecule has 6 nitrogen and oxygen atoms in total. The normalized spacial score (nSPS) is 35.0. The number of methoxy groups -OCH3 is 1. The van der Waals surface area contributed by atoms with Gasteiger partial charge in [0.1, 0.15) is 17.3 Å². The van der Waals surface area contributed by atoms with Crippen LogP contribution in [0.25, 0.3) is 0 Å². The van der Waals surface area contributed by atoms with E-state index in [9.17, 15) is 14.7 Å². The van der Waals surface area contributed by atoms with Crippen LogP contribution in [-0.4, -0.2) is 42.3 Å². The largest absolute Gasteiger partial charge is 0.495 e. The number of para-hydroxylation sites is 2. The average molecular weight is 301 g/mol. The third-order valence-electron chi connectivity index (χ3n) is 4.76. The van der Waals surface area contributed by atoms with Gasteiger partial charge in [0.25, 0.3) is 0 Å². The van der Waals surface area contributed by atoms with Crippen molar-refractivity contribution in [3.63, 3.8) is 0 Å². The number of amides is 1. The number of anilines is 1. The van der Waals surface area contributed by atoms with Crippen LogP contribution in [0.5, 0.6) is 5.75 Å². The minimum atomic E-state index is -0.989. The number of ether oxygens (including phenoxy) is 2. The fourth-order valence-electron chi connectivity index (χ4n) is 3.84. The summed E-state index contributed by atoms with van der Waals surface area (Å²) in [6.07, 6.45) is 3.09. The van der Waals surface area contributed by atoms with Crippen molar-refractivity contribution in [2.24, 2.45) is 11.8 Å². The maximum Gasteiger partial charge on any atom is 0.310 e. The molecule has 3 heterocycles. The summed E-state index contributed by atoms with van der Waals surface area (Å²) in [6.45, 7) is 0.313. The lowest BCUT2D eigenvalue weighted by atomic mass is 9.77. The highest BCUT2D eigenvalue weighted by molar-refractivity contribution is 6.03. The fourth-order valence-corrected chi connectivity index (χ4v) is 3.84. The Hall–Kier alpha value is -2.34. The molecule has 2 bridgehead atoms. The molecule has 1 N–H and O–H groups in total. The first kappa shape index (κ1) is 13.3. The molecule has 1 amide bonds. The molecule has 1 spiro atoms. The zero-order chi connectivity index (χ0) is 15.5. The van der Waals surface area contributed by atoms with E-state index in [1.54, 1.807) is 30.2 Å². The van der Waals surface area contributed by atoms with E-state index in [0.29, 0.717) is 18.0 Å². The number of fused-ring (bicyclic) bond motifs is 1. The van der Waals surface area contributed by atoms with Crippen molar-refractivity contribution in [1.29, 1.82) is 0 Å². The number of carbonyl (C=O) groups excluding carboxylic acids is 1. The lowest BCUT2D eigenvalue weighted by Crippen LogP contribution is -2.39. The highest BCUT2D eigenvalue weighted by Gasteiger charge is 2.67. The van der Waals surface area contributed by atoms with Gasteiger partial charge in [-0.3, -0.25) is 9.59 Å². The van der Waals surface area contributed by atoms with Crippen molar-refractivity contribution in [2.75, 3.05) is 18.6 Å². The predicted octanol–water partition coefficient (Wildman–Crippen LogP) is 1.07. The average Bonchev–Trinajstić information content (AvgIpc) is 3.15. The Morgan fingerprint density at radius 3 is 2.95 bits per heavy atom. The molecule has 2 fully saturated rings. The minimum absolute atomic E-state index is 0.219. The quantitative estimate of drug-likeness (QED) is 0.845. The Kier molecular flexibility index (Phi) is 2.62. The molecule has 1 aromatic rings. The lowest BCUT2D eigenvalue weighted by molar-refractivity contribution is -0.146.